The number of hydrogen-bond donors (Lipinski definition) is 1. The molecule has 0 aliphatic rings. The summed E-state index contributed by atoms with van der Waals surface area (Å²) in [5.74, 6) is 1.54. The lowest BCUT2D eigenvalue weighted by Crippen LogP contribution is -2.19. The Kier molecular flexibility index (Phi) is 6.38. The zero-order chi connectivity index (χ0) is 12.7. The molecule has 1 rings (SSSR count). The molecule has 0 fully saturated rings. The van der Waals surface area contributed by atoms with Gasteiger partial charge in [0.1, 0.15) is 5.75 Å². The van der Waals surface area contributed by atoms with Crippen molar-refractivity contribution in [2.75, 3.05) is 13.2 Å². The van der Waals surface area contributed by atoms with Crippen LogP contribution in [0, 0.1) is 5.92 Å². The molecule has 0 aromatic heterocycles. The Morgan fingerprint density at radius 1 is 1.35 bits per heavy atom. The van der Waals surface area contributed by atoms with Crippen molar-refractivity contribution < 1.29 is 4.74 Å². The van der Waals surface area contributed by atoms with Gasteiger partial charge < -0.3 is 10.1 Å². The zero-order valence-electron chi connectivity index (χ0n) is 10.9. The second-order valence-electron chi connectivity index (χ2n) is 4.59. The first-order valence-electron chi connectivity index (χ1n) is 6.26. The van der Waals surface area contributed by atoms with Gasteiger partial charge in [-0.3, -0.25) is 0 Å². The molecular weight excluding hydrogens is 234 g/mol. The van der Waals surface area contributed by atoms with Crippen molar-refractivity contribution in [1.82, 2.24) is 5.32 Å². The average Bonchev–Trinajstić information content (AvgIpc) is 2.29. The third-order valence-corrected chi connectivity index (χ3v) is 2.75. The molecule has 1 aromatic rings. The maximum absolute atomic E-state index is 6.20. The summed E-state index contributed by atoms with van der Waals surface area (Å²) in [6.07, 6.45) is 1.01. The van der Waals surface area contributed by atoms with Gasteiger partial charge in [0.25, 0.3) is 0 Å². The zero-order valence-corrected chi connectivity index (χ0v) is 11.7. The van der Waals surface area contributed by atoms with Gasteiger partial charge in [-0.25, -0.2) is 0 Å². The second kappa shape index (κ2) is 7.57. The summed E-state index contributed by atoms with van der Waals surface area (Å²) in [5, 5.41) is 4.17. The van der Waals surface area contributed by atoms with E-state index in [0.29, 0.717) is 5.92 Å². The Bertz CT molecular complexity index is 339. The maximum Gasteiger partial charge on any atom is 0.125 e. The van der Waals surface area contributed by atoms with Gasteiger partial charge in [0.05, 0.1) is 6.61 Å². The second-order valence-corrected chi connectivity index (χ2v) is 5.00. The standard InChI is InChI=1S/C14H22ClNO/c1-4-8-17-14-7-5-6-13(15)12(14)10-16-9-11(2)3/h5-7,11,16H,4,8-10H2,1-3H3. The predicted octanol–water partition coefficient (Wildman–Crippen LogP) is 3.87. The molecule has 0 aliphatic carbocycles. The molecule has 0 amide bonds. The van der Waals surface area contributed by atoms with Gasteiger partial charge in [-0.15, -0.1) is 0 Å². The predicted molar refractivity (Wildman–Crippen MR) is 73.8 cm³/mol. The van der Waals surface area contributed by atoms with Crippen LogP contribution in [0.2, 0.25) is 5.02 Å². The van der Waals surface area contributed by atoms with Gasteiger partial charge in [-0.2, -0.15) is 0 Å². The third kappa shape index (κ3) is 4.97. The number of nitrogens with one attached hydrogen (secondary N) is 1. The lowest BCUT2D eigenvalue weighted by atomic mass is 10.1. The monoisotopic (exact) mass is 255 g/mol. The molecule has 0 bridgehead atoms. The molecule has 1 aromatic carbocycles. The van der Waals surface area contributed by atoms with E-state index < -0.39 is 0 Å². The number of halogens is 1. The summed E-state index contributed by atoms with van der Waals surface area (Å²) in [6, 6.07) is 5.82. The topological polar surface area (TPSA) is 21.3 Å². The van der Waals surface area contributed by atoms with Crippen LogP contribution in [0.3, 0.4) is 0 Å². The Hall–Kier alpha value is -0.730. The normalized spacial score (nSPS) is 10.9. The van der Waals surface area contributed by atoms with E-state index in [1.807, 2.05) is 18.2 Å². The molecule has 2 nitrogen and oxygen atoms in total. The quantitative estimate of drug-likeness (QED) is 0.799. The Morgan fingerprint density at radius 3 is 2.76 bits per heavy atom. The van der Waals surface area contributed by atoms with Gasteiger partial charge in [-0.1, -0.05) is 38.4 Å². The number of ether oxygens (including phenoxy) is 1. The van der Waals surface area contributed by atoms with Crippen LogP contribution in [-0.4, -0.2) is 13.2 Å². The van der Waals surface area contributed by atoms with Crippen LogP contribution in [-0.2, 0) is 6.54 Å². The van der Waals surface area contributed by atoms with Crippen LogP contribution in [0.25, 0.3) is 0 Å². The SMILES string of the molecule is CCCOc1cccc(Cl)c1CNCC(C)C. The van der Waals surface area contributed by atoms with E-state index in [4.69, 9.17) is 16.3 Å². The molecule has 0 unspecified atom stereocenters. The van der Waals surface area contributed by atoms with Crippen LogP contribution >= 0.6 is 11.6 Å². The minimum absolute atomic E-state index is 0.637. The summed E-state index contributed by atoms with van der Waals surface area (Å²) in [7, 11) is 0. The van der Waals surface area contributed by atoms with Gasteiger partial charge in [-0.05, 0) is 31.0 Å². The molecule has 96 valence electrons. The molecule has 17 heavy (non-hydrogen) atoms. The molecule has 0 atom stereocenters. The molecule has 1 N–H and O–H groups in total. The van der Waals surface area contributed by atoms with Crippen molar-refractivity contribution in [2.24, 2.45) is 5.92 Å². The van der Waals surface area contributed by atoms with Crippen molar-refractivity contribution in [3.05, 3.63) is 28.8 Å². The average molecular weight is 256 g/mol. The van der Waals surface area contributed by atoms with Crippen LogP contribution < -0.4 is 10.1 Å². The highest BCUT2D eigenvalue weighted by Gasteiger charge is 2.07. The van der Waals surface area contributed by atoms with E-state index >= 15 is 0 Å². The first kappa shape index (κ1) is 14.3. The van der Waals surface area contributed by atoms with Crippen LogP contribution in [0.1, 0.15) is 32.8 Å². The molecule has 0 aliphatic heterocycles. The Balaban J connectivity index is 2.66. The maximum atomic E-state index is 6.20. The molecule has 0 radical (unpaired) electrons. The highest BCUT2D eigenvalue weighted by Crippen LogP contribution is 2.26. The summed E-state index contributed by atoms with van der Waals surface area (Å²) in [4.78, 5) is 0. The number of rotatable bonds is 7. The van der Waals surface area contributed by atoms with Gasteiger partial charge in [0.2, 0.25) is 0 Å². The fourth-order valence-corrected chi connectivity index (χ4v) is 1.78. The van der Waals surface area contributed by atoms with E-state index in [1.54, 1.807) is 0 Å². The Labute approximate surface area is 109 Å². The Morgan fingerprint density at radius 2 is 2.12 bits per heavy atom. The van der Waals surface area contributed by atoms with Gasteiger partial charge in [0.15, 0.2) is 0 Å². The minimum atomic E-state index is 0.637. The summed E-state index contributed by atoms with van der Waals surface area (Å²) in [6.45, 7) is 8.95. The lowest BCUT2D eigenvalue weighted by Gasteiger charge is -2.14. The van der Waals surface area contributed by atoms with E-state index in [0.717, 1.165) is 42.5 Å². The first-order chi connectivity index (χ1) is 8.15. The first-order valence-corrected chi connectivity index (χ1v) is 6.63. The van der Waals surface area contributed by atoms with Crippen LogP contribution in [0.4, 0.5) is 0 Å². The van der Waals surface area contributed by atoms with Crippen molar-refractivity contribution in [2.45, 2.75) is 33.7 Å². The van der Waals surface area contributed by atoms with Crippen LogP contribution in [0.15, 0.2) is 18.2 Å². The van der Waals surface area contributed by atoms with Crippen molar-refractivity contribution >= 4 is 11.6 Å². The lowest BCUT2D eigenvalue weighted by molar-refractivity contribution is 0.313. The molecule has 0 heterocycles. The van der Waals surface area contributed by atoms with Crippen LogP contribution in [0.5, 0.6) is 5.75 Å². The molecule has 0 spiro atoms. The fourth-order valence-electron chi connectivity index (χ4n) is 1.54. The van der Waals surface area contributed by atoms with E-state index in [1.165, 1.54) is 0 Å². The molecule has 0 saturated heterocycles. The fraction of sp³-hybridized carbons (Fsp3) is 0.571. The van der Waals surface area contributed by atoms with E-state index in [9.17, 15) is 0 Å². The molecular formula is C14H22ClNO. The largest absolute Gasteiger partial charge is 0.493 e. The van der Waals surface area contributed by atoms with E-state index in [-0.39, 0.29) is 0 Å². The van der Waals surface area contributed by atoms with Gasteiger partial charge >= 0.3 is 0 Å². The highest BCUT2D eigenvalue weighted by atomic mass is 35.5. The number of hydrogen-bond acceptors (Lipinski definition) is 2. The summed E-state index contributed by atoms with van der Waals surface area (Å²) >= 11 is 6.20. The highest BCUT2D eigenvalue weighted by molar-refractivity contribution is 6.31. The third-order valence-electron chi connectivity index (χ3n) is 2.39. The van der Waals surface area contributed by atoms with Crippen molar-refractivity contribution in [3.63, 3.8) is 0 Å². The smallest absolute Gasteiger partial charge is 0.125 e. The minimum Gasteiger partial charge on any atom is -0.493 e. The van der Waals surface area contributed by atoms with Gasteiger partial charge in [0, 0.05) is 17.1 Å². The van der Waals surface area contributed by atoms with Crippen molar-refractivity contribution in [3.8, 4) is 5.75 Å². The summed E-state index contributed by atoms with van der Waals surface area (Å²) in [5.41, 5.74) is 1.06. The number of benzene rings is 1. The molecule has 3 heteroatoms. The molecule has 0 saturated carbocycles. The summed E-state index contributed by atoms with van der Waals surface area (Å²) < 4.78 is 5.70. The van der Waals surface area contributed by atoms with E-state index in [2.05, 4.69) is 26.1 Å². The van der Waals surface area contributed by atoms with Crippen molar-refractivity contribution in [1.29, 1.82) is 0 Å².